The molecule has 1 atom stereocenters. The normalized spacial score (nSPS) is 14.7. The summed E-state index contributed by atoms with van der Waals surface area (Å²) in [5, 5.41) is 3.64. The fraction of sp³-hybridized carbons (Fsp3) is 0.517. The van der Waals surface area contributed by atoms with Crippen molar-refractivity contribution in [2.24, 2.45) is 0 Å². The van der Waals surface area contributed by atoms with Crippen molar-refractivity contribution in [1.29, 1.82) is 0 Å². The number of sulfonamides is 1. The van der Waals surface area contributed by atoms with E-state index < -0.39 is 16.1 Å². The summed E-state index contributed by atoms with van der Waals surface area (Å²) in [6.07, 6.45) is 6.93. The molecule has 1 unspecified atom stereocenters. The van der Waals surface area contributed by atoms with E-state index in [4.69, 9.17) is 11.6 Å². The number of halogens is 1. The lowest BCUT2D eigenvalue weighted by Gasteiger charge is -2.32. The maximum absolute atomic E-state index is 13.6. The first-order valence-corrected chi connectivity index (χ1v) is 15.7. The second kappa shape index (κ2) is 14.0. The van der Waals surface area contributed by atoms with Gasteiger partial charge in [0, 0.05) is 30.6 Å². The Morgan fingerprint density at radius 1 is 1.05 bits per heavy atom. The van der Waals surface area contributed by atoms with Crippen molar-refractivity contribution >= 4 is 39.1 Å². The quantitative estimate of drug-likeness (QED) is 0.368. The van der Waals surface area contributed by atoms with Crippen LogP contribution in [0.3, 0.4) is 0 Å². The molecular formula is C29H40ClN3O4S. The Hall–Kier alpha value is -2.58. The molecule has 0 radical (unpaired) electrons. The fourth-order valence-corrected chi connectivity index (χ4v) is 6.30. The van der Waals surface area contributed by atoms with Crippen LogP contribution in [-0.2, 0) is 26.0 Å². The topological polar surface area (TPSA) is 86.8 Å². The maximum Gasteiger partial charge on any atom is 0.243 e. The van der Waals surface area contributed by atoms with E-state index in [-0.39, 0.29) is 30.8 Å². The van der Waals surface area contributed by atoms with Gasteiger partial charge in [0.2, 0.25) is 21.8 Å². The number of benzene rings is 2. The van der Waals surface area contributed by atoms with E-state index in [1.807, 2.05) is 37.3 Å². The number of nitrogens with zero attached hydrogens (tertiary/aromatic N) is 2. The first-order valence-electron chi connectivity index (χ1n) is 13.5. The molecule has 0 aliphatic heterocycles. The summed E-state index contributed by atoms with van der Waals surface area (Å²) in [7, 11) is -3.58. The molecule has 7 nitrogen and oxygen atoms in total. The molecule has 1 fully saturated rings. The van der Waals surface area contributed by atoms with Crippen LogP contribution in [0.25, 0.3) is 0 Å². The highest BCUT2D eigenvalue weighted by atomic mass is 35.5. The molecule has 1 aliphatic rings. The van der Waals surface area contributed by atoms with Crippen LogP contribution >= 0.6 is 11.6 Å². The molecule has 3 rings (SSSR count). The van der Waals surface area contributed by atoms with Gasteiger partial charge in [0.25, 0.3) is 0 Å². The summed E-state index contributed by atoms with van der Waals surface area (Å²) in [6, 6.07) is 14.7. The molecular weight excluding hydrogens is 522 g/mol. The average Bonchev–Trinajstić information content (AvgIpc) is 3.39. The van der Waals surface area contributed by atoms with Gasteiger partial charge in [-0.05, 0) is 62.3 Å². The van der Waals surface area contributed by atoms with Gasteiger partial charge in [-0.2, -0.15) is 0 Å². The van der Waals surface area contributed by atoms with E-state index in [9.17, 15) is 18.0 Å². The SMILES string of the molecule is CCC(C(=O)NC1CCCC1)N(CCc1ccccc1)C(=O)CCCN(c1cccc(Cl)c1C)S(C)(=O)=O. The minimum Gasteiger partial charge on any atom is -0.352 e. The summed E-state index contributed by atoms with van der Waals surface area (Å²) in [5.74, 6) is -0.251. The van der Waals surface area contributed by atoms with E-state index in [0.717, 1.165) is 37.5 Å². The third kappa shape index (κ3) is 8.21. The van der Waals surface area contributed by atoms with Crippen molar-refractivity contribution in [1.82, 2.24) is 10.2 Å². The molecule has 0 saturated heterocycles. The molecule has 0 spiro atoms. The van der Waals surface area contributed by atoms with E-state index >= 15 is 0 Å². The number of carbonyl (C=O) groups excluding carboxylic acids is 2. The third-order valence-electron chi connectivity index (χ3n) is 7.23. The molecule has 2 aromatic rings. The Morgan fingerprint density at radius 3 is 2.37 bits per heavy atom. The Kier molecular flexibility index (Phi) is 11.0. The van der Waals surface area contributed by atoms with Crippen LogP contribution in [0.5, 0.6) is 0 Å². The van der Waals surface area contributed by atoms with Crippen LogP contribution in [0.4, 0.5) is 5.69 Å². The van der Waals surface area contributed by atoms with Crippen LogP contribution in [0.15, 0.2) is 48.5 Å². The summed E-state index contributed by atoms with van der Waals surface area (Å²) in [5.41, 5.74) is 2.27. The maximum atomic E-state index is 13.6. The summed E-state index contributed by atoms with van der Waals surface area (Å²) in [4.78, 5) is 28.5. The predicted molar refractivity (Wildman–Crippen MR) is 154 cm³/mol. The van der Waals surface area contributed by atoms with Gasteiger partial charge in [-0.1, -0.05) is 67.8 Å². The molecule has 0 bridgehead atoms. The number of carbonyl (C=O) groups is 2. The number of hydrogen-bond donors (Lipinski definition) is 1. The van der Waals surface area contributed by atoms with Crippen molar-refractivity contribution in [3.05, 3.63) is 64.7 Å². The van der Waals surface area contributed by atoms with E-state index in [0.29, 0.717) is 42.1 Å². The van der Waals surface area contributed by atoms with Crippen molar-refractivity contribution in [3.63, 3.8) is 0 Å². The van der Waals surface area contributed by atoms with Crippen LogP contribution in [0.2, 0.25) is 5.02 Å². The summed E-state index contributed by atoms with van der Waals surface area (Å²) in [6.45, 7) is 4.27. The van der Waals surface area contributed by atoms with Gasteiger partial charge in [-0.15, -0.1) is 0 Å². The predicted octanol–water partition coefficient (Wildman–Crippen LogP) is 5.10. The lowest BCUT2D eigenvalue weighted by atomic mass is 10.1. The molecule has 1 N–H and O–H groups in total. The van der Waals surface area contributed by atoms with Gasteiger partial charge < -0.3 is 10.2 Å². The van der Waals surface area contributed by atoms with Gasteiger partial charge >= 0.3 is 0 Å². The summed E-state index contributed by atoms with van der Waals surface area (Å²) >= 11 is 6.24. The van der Waals surface area contributed by atoms with Crippen LogP contribution in [-0.4, -0.2) is 56.6 Å². The van der Waals surface area contributed by atoms with Gasteiger partial charge in [0.15, 0.2) is 0 Å². The zero-order valence-electron chi connectivity index (χ0n) is 22.7. The lowest BCUT2D eigenvalue weighted by Crippen LogP contribution is -2.52. The molecule has 0 aromatic heterocycles. The van der Waals surface area contributed by atoms with Gasteiger partial charge in [0.1, 0.15) is 6.04 Å². The largest absolute Gasteiger partial charge is 0.352 e. The molecule has 0 heterocycles. The van der Waals surface area contributed by atoms with Crippen molar-refractivity contribution < 1.29 is 18.0 Å². The molecule has 2 amide bonds. The molecule has 38 heavy (non-hydrogen) atoms. The monoisotopic (exact) mass is 561 g/mol. The molecule has 1 aliphatic carbocycles. The molecule has 9 heteroatoms. The second-order valence-corrected chi connectivity index (χ2v) is 12.4. The second-order valence-electron chi connectivity index (χ2n) is 10.1. The molecule has 2 aromatic carbocycles. The zero-order chi connectivity index (χ0) is 27.7. The van der Waals surface area contributed by atoms with Crippen LogP contribution in [0.1, 0.15) is 63.0 Å². The highest BCUT2D eigenvalue weighted by molar-refractivity contribution is 7.92. The number of hydrogen-bond acceptors (Lipinski definition) is 4. The van der Waals surface area contributed by atoms with Crippen LogP contribution < -0.4 is 9.62 Å². The van der Waals surface area contributed by atoms with Crippen molar-refractivity contribution in [3.8, 4) is 0 Å². The Bertz CT molecular complexity index is 1180. The third-order valence-corrected chi connectivity index (χ3v) is 8.82. The first-order chi connectivity index (χ1) is 18.1. The lowest BCUT2D eigenvalue weighted by molar-refractivity contribution is -0.141. The number of nitrogens with one attached hydrogen (secondary N) is 1. The standard InChI is InChI=1S/C29H40ClN3O4S/c1-4-26(29(35)31-24-14-8-9-15-24)32(21-19-23-12-6-5-7-13-23)28(34)18-11-20-33(38(3,36)37)27-17-10-16-25(30)22(27)2/h5-7,10,12-13,16-17,24,26H,4,8-9,11,14-15,18-21H2,1-3H3,(H,31,35). The highest BCUT2D eigenvalue weighted by Gasteiger charge is 2.30. The van der Waals surface area contributed by atoms with Gasteiger partial charge in [-0.3, -0.25) is 13.9 Å². The molecule has 208 valence electrons. The highest BCUT2D eigenvalue weighted by Crippen LogP contribution is 2.28. The van der Waals surface area contributed by atoms with Gasteiger partial charge in [0.05, 0.1) is 11.9 Å². The Labute approximate surface area is 232 Å². The van der Waals surface area contributed by atoms with Crippen molar-refractivity contribution in [2.45, 2.75) is 77.3 Å². The Morgan fingerprint density at radius 2 is 1.74 bits per heavy atom. The average molecular weight is 562 g/mol. The fourth-order valence-electron chi connectivity index (χ4n) is 5.11. The van der Waals surface area contributed by atoms with E-state index in [1.54, 1.807) is 30.0 Å². The Balaban J connectivity index is 1.73. The number of amides is 2. The smallest absolute Gasteiger partial charge is 0.243 e. The van der Waals surface area contributed by atoms with E-state index in [1.165, 1.54) is 4.31 Å². The van der Waals surface area contributed by atoms with E-state index in [2.05, 4.69) is 5.32 Å². The minimum atomic E-state index is -3.58. The minimum absolute atomic E-state index is 0.104. The summed E-state index contributed by atoms with van der Waals surface area (Å²) < 4.78 is 26.5. The van der Waals surface area contributed by atoms with Crippen LogP contribution in [0, 0.1) is 6.92 Å². The first kappa shape index (κ1) is 30.0. The van der Waals surface area contributed by atoms with Crippen molar-refractivity contribution in [2.75, 3.05) is 23.7 Å². The zero-order valence-corrected chi connectivity index (χ0v) is 24.2. The number of anilines is 1. The van der Waals surface area contributed by atoms with Gasteiger partial charge in [-0.25, -0.2) is 8.42 Å². The number of rotatable bonds is 13. The molecule has 1 saturated carbocycles.